The van der Waals surface area contributed by atoms with Crippen LogP contribution >= 0.6 is 0 Å². The van der Waals surface area contributed by atoms with Crippen LogP contribution in [0.3, 0.4) is 0 Å². The van der Waals surface area contributed by atoms with E-state index < -0.39 is 6.10 Å². The van der Waals surface area contributed by atoms with Crippen LogP contribution in [0.2, 0.25) is 0 Å². The second kappa shape index (κ2) is 27.5. The second-order valence-electron chi connectivity index (χ2n) is 35.1. The van der Waals surface area contributed by atoms with E-state index in [1.165, 1.54) is 28.9 Å². The fourth-order valence-electron chi connectivity index (χ4n) is 14.7. The molecule has 0 saturated heterocycles. The van der Waals surface area contributed by atoms with E-state index in [2.05, 4.69) is 283 Å². The molecule has 510 valence electrons. The number of hydrogen-bond acceptors (Lipinski definition) is 5. The van der Waals surface area contributed by atoms with Crippen molar-refractivity contribution in [1.82, 2.24) is 9.13 Å². The summed E-state index contributed by atoms with van der Waals surface area (Å²) in [5.41, 5.74) is 18.2. The molecule has 0 aliphatic rings. The molecule has 97 heavy (non-hydrogen) atoms. The first-order chi connectivity index (χ1) is 43.4. The molecule has 0 aliphatic heterocycles. The van der Waals surface area contributed by atoms with Gasteiger partial charge in [-0.25, -0.2) is 0 Å². The van der Waals surface area contributed by atoms with E-state index in [0.717, 1.165) is 112 Å². The van der Waals surface area contributed by atoms with Crippen LogP contribution in [0.5, 0.6) is 11.5 Å². The van der Waals surface area contributed by atoms with E-state index in [4.69, 9.17) is 9.47 Å². The number of rotatable bonds is 14. The zero-order chi connectivity index (χ0) is 69.0. The number of hydrogen-bond donors (Lipinski definition) is 1. The molecule has 8 heteroatoms. The monoisotopic (exact) mass is 1460 g/mol. The summed E-state index contributed by atoms with van der Waals surface area (Å²) < 4.78 is 19.4. The van der Waals surface area contributed by atoms with Gasteiger partial charge >= 0.3 is 0 Å². The number of aryl methyl sites for hydroxylation is 2. The summed E-state index contributed by atoms with van der Waals surface area (Å²) >= 11 is 0. The first-order valence-corrected chi connectivity index (χ1v) is 33.9. The minimum absolute atomic E-state index is 0. The Morgan fingerprint density at radius 2 is 0.722 bits per heavy atom. The third-order valence-electron chi connectivity index (χ3n) is 18.9. The van der Waals surface area contributed by atoms with Crippen LogP contribution in [0.25, 0.3) is 77.2 Å². The number of ether oxygens (including phenoxy) is 2. The zero-order valence-electron chi connectivity index (χ0n) is 63.5. The van der Waals surface area contributed by atoms with Gasteiger partial charge in [-0.2, -0.15) is 10.5 Å². The van der Waals surface area contributed by atoms with Crippen molar-refractivity contribution in [2.24, 2.45) is 10.8 Å². The first kappa shape index (κ1) is 77.1. The van der Waals surface area contributed by atoms with E-state index in [0.29, 0.717) is 22.6 Å². The van der Waals surface area contributed by atoms with Crippen LogP contribution in [0.4, 0.5) is 0 Å². The van der Waals surface area contributed by atoms with Crippen molar-refractivity contribution >= 4 is 43.6 Å². The molecule has 0 fully saturated rings. The van der Waals surface area contributed by atoms with Crippen molar-refractivity contribution in [3.63, 3.8) is 0 Å². The predicted molar refractivity (Wildman–Crippen MR) is 410 cm³/mol. The largest absolute Gasteiger partial charge is 0.658 e. The van der Waals surface area contributed by atoms with Crippen molar-refractivity contribution in [2.45, 2.75) is 218 Å². The summed E-state index contributed by atoms with van der Waals surface area (Å²) in [5.74, 6) is 1.11. The molecule has 1 unspecified atom stereocenters. The third-order valence-corrected chi connectivity index (χ3v) is 18.9. The summed E-state index contributed by atoms with van der Waals surface area (Å²) in [6.07, 6.45) is 0.500. The van der Waals surface area contributed by atoms with E-state index in [9.17, 15) is 15.6 Å². The molecule has 7 nitrogen and oxygen atoms in total. The van der Waals surface area contributed by atoms with Gasteiger partial charge in [0.1, 0.15) is 5.75 Å². The van der Waals surface area contributed by atoms with Crippen molar-refractivity contribution in [3.8, 4) is 57.3 Å². The Morgan fingerprint density at radius 1 is 0.412 bits per heavy atom. The van der Waals surface area contributed by atoms with Crippen molar-refractivity contribution < 1.29 is 40.4 Å². The van der Waals surface area contributed by atoms with Gasteiger partial charge < -0.3 is 38.6 Å². The molecule has 10 rings (SSSR count). The summed E-state index contributed by atoms with van der Waals surface area (Å²) in [4.78, 5) is 0. The van der Waals surface area contributed by atoms with Crippen molar-refractivity contribution in [2.75, 3.05) is 6.61 Å². The minimum atomic E-state index is -1.28. The molecule has 2 heterocycles. The summed E-state index contributed by atoms with van der Waals surface area (Å²) in [6.45, 7) is 55.7. The number of aliphatic hydroxyl groups is 1. The molecule has 0 spiro atoms. The molecule has 0 saturated carbocycles. The Hall–Kier alpha value is -7.23. The van der Waals surface area contributed by atoms with Gasteiger partial charge in [-0.3, -0.25) is 0 Å². The maximum absolute atomic E-state index is 12.9. The fourth-order valence-corrected chi connectivity index (χ4v) is 14.7. The quantitative estimate of drug-likeness (QED) is 0.0864. The second-order valence-corrected chi connectivity index (χ2v) is 35.1. The molecule has 8 aromatic carbocycles. The summed E-state index contributed by atoms with van der Waals surface area (Å²) in [7, 11) is 0. The van der Waals surface area contributed by atoms with Gasteiger partial charge in [0.05, 0.1) is 63.3 Å². The van der Waals surface area contributed by atoms with Gasteiger partial charge in [0.25, 0.3) is 0 Å². The van der Waals surface area contributed by atoms with Gasteiger partial charge in [0.15, 0.2) is 5.75 Å². The average molecular weight is 1460 g/mol. The van der Waals surface area contributed by atoms with Crippen LogP contribution in [0, 0.1) is 68.8 Å². The zero-order valence-corrected chi connectivity index (χ0v) is 67.1. The molecule has 0 aliphatic carbocycles. The van der Waals surface area contributed by atoms with Gasteiger partial charge in [-0.05, 0) is 229 Å². The fraction of sp³-hybridized carbons (Fsp3) is 0.404. The molecule has 2 aromatic heterocycles. The van der Waals surface area contributed by atoms with Gasteiger partial charge in [0.2, 0.25) is 0 Å². The Labute approximate surface area is 602 Å². The minimum Gasteiger partial charge on any atom is -0.658 e. The SMILES string of the molecule is Cc1cc(C#N)cc(-c2cc(C(C)(C)CC(C)(C)C)cc(-n3c4ccc(C(C)(C)C)cc4c4cc(C(C)(C)C)ccc43)c2O[CH-]C(O)COc2c(-c3cc(C)cc(C#N)c3)cc(C(C)(C)CC(C)(C)C)cc2-n2c3ccc(C(C)(C)C)cc3c3cc(C(C)(C)C)ccc32)c1.[CH3-].[CH3-].[Hf]. The van der Waals surface area contributed by atoms with Crippen molar-refractivity contribution in [3.05, 3.63) is 211 Å². The molecule has 1 atom stereocenters. The Bertz CT molecular complexity index is 4240. The average Bonchev–Trinajstić information content (AvgIpc) is 1.63. The van der Waals surface area contributed by atoms with Gasteiger partial charge in [0, 0.05) is 58.5 Å². The van der Waals surface area contributed by atoms with Crippen LogP contribution in [0.1, 0.15) is 221 Å². The summed E-state index contributed by atoms with van der Waals surface area (Å²) in [5, 5.41) is 38.7. The third kappa shape index (κ3) is 16.3. The maximum Gasteiger partial charge on any atom is 0.151 e. The normalized spacial score (nSPS) is 13.1. The smallest absolute Gasteiger partial charge is 0.151 e. The van der Waals surface area contributed by atoms with Crippen LogP contribution in [-0.4, -0.2) is 27.0 Å². The van der Waals surface area contributed by atoms with E-state index in [-0.39, 0.29) is 90.6 Å². The Balaban J connectivity index is 0.00000442. The molecular formula is C89H109HfN4O3-3. The Kier molecular flexibility index (Phi) is 21.8. The van der Waals surface area contributed by atoms with E-state index in [1.807, 2.05) is 38.1 Å². The number of fused-ring (bicyclic) bond motifs is 6. The topological polar surface area (TPSA) is 96.1 Å². The number of aromatic nitrogens is 2. The predicted octanol–water partition coefficient (Wildman–Crippen LogP) is 24.1. The maximum atomic E-state index is 12.9. The van der Waals surface area contributed by atoms with Gasteiger partial charge in [-0.1, -0.05) is 189 Å². The first-order valence-electron chi connectivity index (χ1n) is 33.9. The molecule has 0 radical (unpaired) electrons. The van der Waals surface area contributed by atoms with Crippen LogP contribution in [0.15, 0.2) is 133 Å². The summed E-state index contributed by atoms with van der Waals surface area (Å²) in [6, 6.07) is 53.6. The number of nitriles is 2. The molecule has 0 bridgehead atoms. The van der Waals surface area contributed by atoms with Crippen molar-refractivity contribution in [1.29, 1.82) is 10.5 Å². The van der Waals surface area contributed by atoms with E-state index in [1.54, 1.807) is 0 Å². The standard InChI is InChI=1S/C87H103N4O3.2CH3.Hf/c1-53-33-55(47-88)37-57(35-53)66-43-63(86(21,22)51-80(3,4)5)45-76(90-72-29-25-59(82(9,10)11)39-68(72)69-40-60(83(12,13)14)26-30-73(69)90)78(66)93-49-65(92)50-94-79-67(58-36-54(2)34-56(38-58)48-89)44-64(87(23,24)52-81(6,7)8)46-77(79)91-74-31-27-61(84(15,16)17)41-70(74)71-42-62(85(18,19)20)28-32-75(71)91;;;/h25-46,49,65,92H,50-52H2,1-24H3;2*1H3;/q3*-1;. The van der Waals surface area contributed by atoms with Crippen LogP contribution in [-0.2, 0) is 58.3 Å². The number of benzene rings is 8. The van der Waals surface area contributed by atoms with E-state index >= 15 is 0 Å². The van der Waals surface area contributed by atoms with Crippen LogP contribution < -0.4 is 9.47 Å². The number of aliphatic hydroxyl groups excluding tert-OH is 1. The van der Waals surface area contributed by atoms with Gasteiger partial charge in [-0.15, -0.1) is 6.61 Å². The molecule has 1 N–H and O–H groups in total. The molecule has 10 aromatic rings. The molecular weight excluding hydrogens is 1350 g/mol. The number of nitrogens with zero attached hydrogens (tertiary/aromatic N) is 4. The molecule has 0 amide bonds. The Morgan fingerprint density at radius 3 is 1.02 bits per heavy atom.